The van der Waals surface area contributed by atoms with Crippen molar-refractivity contribution in [3.8, 4) is 0 Å². The van der Waals surface area contributed by atoms with Crippen molar-refractivity contribution in [2.24, 2.45) is 5.92 Å². The van der Waals surface area contributed by atoms with Crippen LogP contribution in [0.5, 0.6) is 0 Å². The van der Waals surface area contributed by atoms with E-state index in [-0.39, 0.29) is 24.2 Å². The summed E-state index contributed by atoms with van der Waals surface area (Å²) in [6.45, 7) is 2.01. The van der Waals surface area contributed by atoms with E-state index in [2.05, 4.69) is 0 Å². The molecule has 1 heterocycles. The molecule has 2 amide bonds. The number of amides is 2. The minimum atomic E-state index is -0.384. The Hall–Kier alpha value is -2.93. The topological polar surface area (TPSA) is 64.1 Å². The molecule has 0 bridgehead atoms. The van der Waals surface area contributed by atoms with Crippen LogP contribution in [0.1, 0.15) is 39.1 Å². The van der Waals surface area contributed by atoms with Crippen molar-refractivity contribution in [1.82, 2.24) is 9.80 Å². The second kappa shape index (κ2) is 9.92. The number of carbonyl (C=O) groups excluding carboxylic acids is 2. The molecule has 0 radical (unpaired) electrons. The molecule has 0 aromatic heterocycles. The van der Waals surface area contributed by atoms with Gasteiger partial charge < -0.3 is 19.8 Å². The molecule has 0 atom stereocenters. The van der Waals surface area contributed by atoms with Crippen LogP contribution in [0.3, 0.4) is 0 Å². The largest absolute Gasteiger partial charge is 0.392 e. The van der Waals surface area contributed by atoms with Crippen molar-refractivity contribution in [3.05, 3.63) is 65.0 Å². The summed E-state index contributed by atoms with van der Waals surface area (Å²) < 4.78 is 14.6. The Balaban J connectivity index is 1.55. The van der Waals surface area contributed by atoms with Crippen LogP contribution < -0.4 is 4.90 Å². The van der Waals surface area contributed by atoms with Crippen LogP contribution in [-0.2, 0) is 6.61 Å². The maximum absolute atomic E-state index is 14.6. The second-order valence-corrected chi connectivity index (χ2v) is 8.34. The maximum Gasteiger partial charge on any atom is 0.253 e. The van der Waals surface area contributed by atoms with E-state index in [9.17, 15) is 14.0 Å². The molecule has 1 saturated heterocycles. The highest BCUT2D eigenvalue weighted by Gasteiger charge is 2.24. The number of aliphatic hydroxyl groups excluding tert-OH is 1. The predicted molar refractivity (Wildman–Crippen MR) is 119 cm³/mol. The molecule has 7 heteroatoms. The van der Waals surface area contributed by atoms with Gasteiger partial charge in [0.05, 0.1) is 12.3 Å². The third kappa shape index (κ3) is 5.41. The molecule has 0 saturated carbocycles. The average molecular weight is 428 g/mol. The summed E-state index contributed by atoms with van der Waals surface area (Å²) in [5.74, 6) is -0.300. The number of piperidine rings is 1. The number of benzene rings is 2. The van der Waals surface area contributed by atoms with Crippen molar-refractivity contribution < 1.29 is 19.1 Å². The summed E-state index contributed by atoms with van der Waals surface area (Å²) >= 11 is 0. The number of anilines is 1. The molecule has 2 aromatic carbocycles. The Morgan fingerprint density at radius 3 is 2.16 bits per heavy atom. The molecule has 0 aliphatic carbocycles. The fourth-order valence-electron chi connectivity index (χ4n) is 3.95. The first-order chi connectivity index (χ1) is 14.8. The molecule has 1 aliphatic heterocycles. The molecule has 31 heavy (non-hydrogen) atoms. The van der Waals surface area contributed by atoms with Crippen LogP contribution in [0.4, 0.5) is 10.1 Å². The van der Waals surface area contributed by atoms with Gasteiger partial charge in [0.1, 0.15) is 5.82 Å². The van der Waals surface area contributed by atoms with Gasteiger partial charge in [-0.15, -0.1) is 0 Å². The highest BCUT2D eigenvalue weighted by molar-refractivity contribution is 5.94. The van der Waals surface area contributed by atoms with Gasteiger partial charge in [0.2, 0.25) is 0 Å². The van der Waals surface area contributed by atoms with Crippen molar-refractivity contribution in [3.63, 3.8) is 0 Å². The highest BCUT2D eigenvalue weighted by atomic mass is 19.1. The van der Waals surface area contributed by atoms with Crippen LogP contribution in [0.2, 0.25) is 0 Å². The molecule has 1 N–H and O–H groups in total. The molecule has 6 nitrogen and oxygen atoms in total. The molecule has 3 rings (SSSR count). The summed E-state index contributed by atoms with van der Waals surface area (Å²) in [6.07, 6.45) is 1.72. The van der Waals surface area contributed by atoms with Gasteiger partial charge in [-0.05, 0) is 54.7 Å². The number of carbonyl (C=O) groups is 2. The molecule has 166 valence electrons. The molecule has 1 aliphatic rings. The van der Waals surface area contributed by atoms with Gasteiger partial charge in [-0.3, -0.25) is 9.59 Å². The first kappa shape index (κ1) is 22.7. The lowest BCUT2D eigenvalue weighted by Gasteiger charge is -2.35. The average Bonchev–Trinajstić information content (AvgIpc) is 2.78. The van der Waals surface area contributed by atoms with Crippen LogP contribution in [0.25, 0.3) is 0 Å². The van der Waals surface area contributed by atoms with E-state index in [0.29, 0.717) is 42.4 Å². The maximum atomic E-state index is 14.6. The zero-order valence-corrected chi connectivity index (χ0v) is 18.3. The van der Waals surface area contributed by atoms with E-state index in [4.69, 9.17) is 5.11 Å². The molecule has 0 spiro atoms. The molecule has 1 fully saturated rings. The van der Waals surface area contributed by atoms with Crippen molar-refractivity contribution in [2.45, 2.75) is 19.4 Å². The summed E-state index contributed by atoms with van der Waals surface area (Å²) in [5, 5.41) is 9.13. The normalized spacial score (nSPS) is 14.4. The second-order valence-electron chi connectivity index (χ2n) is 8.34. The Kier molecular flexibility index (Phi) is 7.28. The fourth-order valence-corrected chi connectivity index (χ4v) is 3.95. The fraction of sp³-hybridized carbons (Fsp3) is 0.417. The number of hydrogen-bond donors (Lipinski definition) is 1. The number of hydrogen-bond acceptors (Lipinski definition) is 4. The first-order valence-electron chi connectivity index (χ1n) is 10.5. The van der Waals surface area contributed by atoms with E-state index in [0.717, 1.165) is 18.4 Å². The number of aliphatic hydroxyl groups is 1. The third-order valence-corrected chi connectivity index (χ3v) is 5.82. The van der Waals surface area contributed by atoms with Gasteiger partial charge >= 0.3 is 0 Å². The van der Waals surface area contributed by atoms with Gasteiger partial charge in [0.25, 0.3) is 11.8 Å². The van der Waals surface area contributed by atoms with E-state index < -0.39 is 0 Å². The van der Waals surface area contributed by atoms with E-state index >= 15 is 0 Å². The van der Waals surface area contributed by atoms with Gasteiger partial charge in [0, 0.05) is 51.9 Å². The minimum Gasteiger partial charge on any atom is -0.392 e. The van der Waals surface area contributed by atoms with E-state index in [1.807, 2.05) is 4.90 Å². The first-order valence-corrected chi connectivity index (χ1v) is 10.5. The standard InChI is InChI=1S/C24H30FN3O3/c1-26(2)23(30)20-8-9-22(21(25)14-20)28-12-10-17(11-13-28)15-27(3)24(31)19-6-4-18(16-29)5-7-19/h4-9,14,17,29H,10-13,15-16H2,1-3H3. The molecule has 2 aromatic rings. The van der Waals surface area contributed by atoms with Crippen molar-refractivity contribution >= 4 is 17.5 Å². The van der Waals surface area contributed by atoms with E-state index in [1.54, 1.807) is 62.4 Å². The predicted octanol–water partition coefficient (Wildman–Crippen LogP) is 3.01. The molecular weight excluding hydrogens is 397 g/mol. The van der Waals surface area contributed by atoms with Gasteiger partial charge in [-0.1, -0.05) is 12.1 Å². The lowest BCUT2D eigenvalue weighted by Crippen LogP contribution is -2.39. The number of nitrogens with zero attached hydrogens (tertiary/aromatic N) is 3. The summed E-state index contributed by atoms with van der Waals surface area (Å²) in [4.78, 5) is 29.8. The zero-order chi connectivity index (χ0) is 22.5. The van der Waals surface area contributed by atoms with Crippen LogP contribution in [0.15, 0.2) is 42.5 Å². The van der Waals surface area contributed by atoms with Crippen molar-refractivity contribution in [2.75, 3.05) is 45.7 Å². The number of rotatable bonds is 6. The zero-order valence-electron chi connectivity index (χ0n) is 18.3. The Morgan fingerprint density at radius 1 is 1.00 bits per heavy atom. The van der Waals surface area contributed by atoms with Crippen LogP contribution in [-0.4, -0.2) is 67.5 Å². The van der Waals surface area contributed by atoms with Gasteiger partial charge in [0.15, 0.2) is 0 Å². The summed E-state index contributed by atoms with van der Waals surface area (Å²) in [7, 11) is 5.09. The van der Waals surface area contributed by atoms with Crippen LogP contribution >= 0.6 is 0 Å². The van der Waals surface area contributed by atoms with Gasteiger partial charge in [-0.2, -0.15) is 0 Å². The third-order valence-electron chi connectivity index (χ3n) is 5.82. The Morgan fingerprint density at radius 2 is 1.61 bits per heavy atom. The van der Waals surface area contributed by atoms with Gasteiger partial charge in [-0.25, -0.2) is 4.39 Å². The molecular formula is C24H30FN3O3. The lowest BCUT2D eigenvalue weighted by atomic mass is 9.95. The van der Waals surface area contributed by atoms with Crippen molar-refractivity contribution in [1.29, 1.82) is 0 Å². The quantitative estimate of drug-likeness (QED) is 0.770. The Bertz CT molecular complexity index is 922. The van der Waals surface area contributed by atoms with Crippen LogP contribution in [0, 0.1) is 11.7 Å². The lowest BCUT2D eigenvalue weighted by molar-refractivity contribution is 0.0764. The summed E-state index contributed by atoms with van der Waals surface area (Å²) in [5.41, 5.74) is 2.24. The monoisotopic (exact) mass is 427 g/mol. The minimum absolute atomic E-state index is 0.0425. The number of halogens is 1. The smallest absolute Gasteiger partial charge is 0.253 e. The summed E-state index contributed by atoms with van der Waals surface area (Å²) in [6, 6.07) is 11.6. The SMILES string of the molecule is CN(C)C(=O)c1ccc(N2CCC(CN(C)C(=O)c3ccc(CO)cc3)CC2)c(F)c1. The Labute approximate surface area is 182 Å². The van der Waals surface area contributed by atoms with E-state index in [1.165, 1.54) is 11.0 Å². The highest BCUT2D eigenvalue weighted by Crippen LogP contribution is 2.27. The molecule has 0 unspecified atom stereocenters.